The second-order valence-corrected chi connectivity index (χ2v) is 11.1. The number of aromatic hydroxyl groups is 1. The smallest absolute Gasteiger partial charge is 0.282 e. The number of nitrogens with one attached hydrogen (secondary N) is 2. The highest BCUT2D eigenvalue weighted by Gasteiger charge is 2.26. The van der Waals surface area contributed by atoms with Crippen molar-refractivity contribution in [3.8, 4) is 17.1 Å². The van der Waals surface area contributed by atoms with Gasteiger partial charge in [-0.2, -0.15) is 12.8 Å². The largest absolute Gasteiger partial charge is 0.494 e. The number of benzene rings is 2. The minimum absolute atomic E-state index is 0.0316. The predicted octanol–water partition coefficient (Wildman–Crippen LogP) is 2.55. The minimum atomic E-state index is -4.12. The molecule has 3 N–H and O–H groups in total. The summed E-state index contributed by atoms with van der Waals surface area (Å²) in [6.07, 6.45) is 7.26. The average molecular weight is 558 g/mol. The van der Waals surface area contributed by atoms with Crippen molar-refractivity contribution in [2.75, 3.05) is 16.8 Å². The number of halogens is 1. The van der Waals surface area contributed by atoms with E-state index in [0.29, 0.717) is 29.1 Å². The molecule has 6 rings (SSSR count). The molecule has 0 radical (unpaired) electrons. The molecule has 0 spiro atoms. The van der Waals surface area contributed by atoms with E-state index in [2.05, 4.69) is 14.7 Å². The van der Waals surface area contributed by atoms with Crippen molar-refractivity contribution >= 4 is 45.2 Å². The first kappa shape index (κ1) is 25.4. The number of sulfonamides is 1. The van der Waals surface area contributed by atoms with E-state index in [4.69, 9.17) is 0 Å². The van der Waals surface area contributed by atoms with E-state index in [0.717, 1.165) is 22.0 Å². The molecule has 0 atom stereocenters. The SMILES string of the molecule is CC(=O)Nc1ccc(S(=O)(=O)N=c2ccn(C)c3c2C=CC2=c4c-3c(O)[nH]c4=CCN2c2ccc(F)cc2)cc1. The van der Waals surface area contributed by atoms with Crippen molar-refractivity contribution in [1.82, 2.24) is 9.55 Å². The summed E-state index contributed by atoms with van der Waals surface area (Å²) in [5.41, 5.74) is 3.57. The average Bonchev–Trinajstić information content (AvgIpc) is 3.12. The highest BCUT2D eigenvalue weighted by atomic mass is 32.2. The molecule has 1 aliphatic carbocycles. The Morgan fingerprint density at radius 3 is 2.50 bits per heavy atom. The summed E-state index contributed by atoms with van der Waals surface area (Å²) >= 11 is 0. The molecular formula is C29H24FN5O4S. The standard InChI is InChI=1S/C29H24FN5O4S/c1-17(36)31-19-5-9-21(10-6-19)40(38,39)33-23-13-15-34(2)28-22(23)11-12-25-26-24(32-29(37)27(26)28)14-16-35(25)20-7-3-18(30)4-8-20/h3-15,32,37H,16H2,1-2H3,(H,31,36). The normalized spacial score (nSPS) is 14.3. The van der Waals surface area contributed by atoms with Gasteiger partial charge < -0.3 is 24.9 Å². The number of pyridine rings is 1. The summed E-state index contributed by atoms with van der Waals surface area (Å²) in [7, 11) is -2.32. The Morgan fingerprint density at radius 2 is 1.80 bits per heavy atom. The number of aryl methyl sites for hydroxylation is 1. The van der Waals surface area contributed by atoms with Gasteiger partial charge in [0, 0.05) is 54.2 Å². The van der Waals surface area contributed by atoms with Crippen LogP contribution in [0.4, 0.5) is 15.8 Å². The number of carbonyl (C=O) groups is 1. The van der Waals surface area contributed by atoms with Crippen molar-refractivity contribution in [2.24, 2.45) is 11.4 Å². The molecule has 2 aromatic heterocycles. The number of aromatic amines is 1. The Kier molecular flexibility index (Phi) is 5.95. The first-order chi connectivity index (χ1) is 19.1. The Labute approximate surface area is 228 Å². The highest BCUT2D eigenvalue weighted by molar-refractivity contribution is 7.90. The van der Waals surface area contributed by atoms with Gasteiger partial charge >= 0.3 is 0 Å². The molecule has 40 heavy (non-hydrogen) atoms. The lowest BCUT2D eigenvalue weighted by molar-refractivity contribution is -0.114. The van der Waals surface area contributed by atoms with Crippen molar-refractivity contribution < 1.29 is 22.7 Å². The van der Waals surface area contributed by atoms with Crippen LogP contribution in [0.15, 0.2) is 76.2 Å². The molecule has 0 bridgehead atoms. The van der Waals surface area contributed by atoms with E-state index < -0.39 is 10.0 Å². The maximum absolute atomic E-state index is 13.6. The maximum atomic E-state index is 13.6. The van der Waals surface area contributed by atoms with Gasteiger partial charge in [-0.15, -0.1) is 0 Å². The second-order valence-electron chi connectivity index (χ2n) is 9.49. The Morgan fingerprint density at radius 1 is 1.07 bits per heavy atom. The fourth-order valence-corrected chi connectivity index (χ4v) is 6.08. The zero-order valence-corrected chi connectivity index (χ0v) is 22.3. The van der Waals surface area contributed by atoms with E-state index in [9.17, 15) is 22.7 Å². The predicted molar refractivity (Wildman–Crippen MR) is 150 cm³/mol. The molecule has 1 aliphatic heterocycles. The number of carbonyl (C=O) groups excluding carboxylic acids is 1. The van der Waals surface area contributed by atoms with Crippen LogP contribution in [-0.2, 0) is 21.9 Å². The fourth-order valence-electron chi connectivity index (χ4n) is 5.08. The van der Waals surface area contributed by atoms with Crippen molar-refractivity contribution in [1.29, 1.82) is 0 Å². The molecule has 1 amide bonds. The molecule has 9 nitrogen and oxygen atoms in total. The van der Waals surface area contributed by atoms with E-state index in [1.807, 2.05) is 17.1 Å². The second kappa shape index (κ2) is 9.38. The molecule has 4 aromatic rings. The minimum Gasteiger partial charge on any atom is -0.494 e. The van der Waals surface area contributed by atoms with Gasteiger partial charge in [-0.05, 0) is 72.8 Å². The van der Waals surface area contributed by atoms with Crippen LogP contribution in [0.1, 0.15) is 12.5 Å². The van der Waals surface area contributed by atoms with Crippen LogP contribution < -0.4 is 26.1 Å². The van der Waals surface area contributed by atoms with E-state index in [1.165, 1.54) is 43.3 Å². The highest BCUT2D eigenvalue weighted by Crippen LogP contribution is 2.32. The summed E-state index contributed by atoms with van der Waals surface area (Å²) in [6, 6.07) is 13.5. The number of rotatable bonds is 4. The summed E-state index contributed by atoms with van der Waals surface area (Å²) < 4.78 is 46.2. The first-order valence-electron chi connectivity index (χ1n) is 12.4. The number of nitrogens with zero attached hydrogens (tertiary/aromatic N) is 3. The van der Waals surface area contributed by atoms with Gasteiger partial charge in [-0.3, -0.25) is 4.79 Å². The molecule has 202 valence electrons. The number of hydrogen-bond acceptors (Lipinski definition) is 5. The lowest BCUT2D eigenvalue weighted by Gasteiger charge is -2.26. The van der Waals surface area contributed by atoms with Crippen molar-refractivity contribution in [2.45, 2.75) is 11.8 Å². The van der Waals surface area contributed by atoms with Gasteiger partial charge in [0.15, 0.2) is 5.88 Å². The monoisotopic (exact) mass is 557 g/mol. The van der Waals surface area contributed by atoms with Crippen LogP contribution in [0.2, 0.25) is 0 Å². The molecular weight excluding hydrogens is 533 g/mol. The summed E-state index contributed by atoms with van der Waals surface area (Å²) in [5.74, 6) is -0.671. The Bertz CT molecular complexity index is 2020. The van der Waals surface area contributed by atoms with Gasteiger partial charge in [0.25, 0.3) is 10.0 Å². The van der Waals surface area contributed by atoms with Gasteiger partial charge in [0.1, 0.15) is 5.82 Å². The van der Waals surface area contributed by atoms with Crippen LogP contribution >= 0.6 is 0 Å². The molecule has 0 saturated carbocycles. The van der Waals surface area contributed by atoms with E-state index in [1.54, 1.807) is 42.1 Å². The lowest BCUT2D eigenvalue weighted by atomic mass is 10.1. The number of hydrogen-bond donors (Lipinski definition) is 3. The number of aromatic nitrogens is 2. The first-order valence-corrected chi connectivity index (χ1v) is 13.8. The molecule has 2 aromatic carbocycles. The van der Waals surface area contributed by atoms with Crippen molar-refractivity contribution in [3.05, 3.63) is 94.2 Å². The third kappa shape index (κ3) is 4.30. The number of H-pyrrole nitrogens is 1. The van der Waals surface area contributed by atoms with Gasteiger partial charge in [-0.25, -0.2) is 4.39 Å². The molecule has 0 fully saturated rings. The quantitative estimate of drug-likeness (QED) is 0.356. The number of anilines is 2. The topological polar surface area (TPSA) is 120 Å². The zero-order chi connectivity index (χ0) is 28.2. The van der Waals surface area contributed by atoms with Gasteiger partial charge in [0.2, 0.25) is 5.91 Å². The van der Waals surface area contributed by atoms with E-state index >= 15 is 0 Å². The molecule has 11 heteroatoms. The molecule has 0 unspecified atom stereocenters. The number of amides is 1. The van der Waals surface area contributed by atoms with Gasteiger partial charge in [0.05, 0.1) is 27.2 Å². The van der Waals surface area contributed by atoms with Crippen LogP contribution in [0.3, 0.4) is 0 Å². The van der Waals surface area contributed by atoms with Gasteiger partial charge in [-0.1, -0.05) is 0 Å². The summed E-state index contributed by atoms with van der Waals surface area (Å²) in [5, 5.41) is 15.3. The van der Waals surface area contributed by atoms with Crippen LogP contribution in [-0.4, -0.2) is 35.5 Å². The number of fused-ring (bicyclic) bond motifs is 2. The van der Waals surface area contributed by atoms with Crippen LogP contribution in [0.5, 0.6) is 5.88 Å². The zero-order valence-electron chi connectivity index (χ0n) is 21.5. The van der Waals surface area contributed by atoms with Crippen LogP contribution in [0, 0.1) is 5.82 Å². The third-order valence-corrected chi connectivity index (χ3v) is 8.15. The lowest BCUT2D eigenvalue weighted by Crippen LogP contribution is -2.39. The van der Waals surface area contributed by atoms with E-state index in [-0.39, 0.29) is 27.9 Å². The summed E-state index contributed by atoms with van der Waals surface area (Å²) in [4.78, 5) is 16.3. The molecule has 2 aliphatic rings. The third-order valence-electron chi connectivity index (χ3n) is 6.85. The Hall–Kier alpha value is -4.90. The maximum Gasteiger partial charge on any atom is 0.282 e. The Balaban J connectivity index is 1.53. The fraction of sp³-hybridized carbons (Fsp3) is 0.103. The molecule has 0 saturated heterocycles. The summed E-state index contributed by atoms with van der Waals surface area (Å²) in [6.45, 7) is 1.84. The van der Waals surface area contributed by atoms with Crippen molar-refractivity contribution in [3.63, 3.8) is 0 Å². The van der Waals surface area contributed by atoms with Crippen LogP contribution in [0.25, 0.3) is 29.1 Å². The molecule has 3 heterocycles.